The van der Waals surface area contributed by atoms with Gasteiger partial charge in [0.25, 0.3) is 0 Å². The average Bonchev–Trinajstić information content (AvgIpc) is 3.31. The number of para-hydroxylation sites is 1. The lowest BCUT2D eigenvalue weighted by Gasteiger charge is -2.31. The number of urea groups is 1. The maximum absolute atomic E-state index is 13.8. The van der Waals surface area contributed by atoms with Crippen molar-refractivity contribution in [3.8, 4) is 5.75 Å². The normalized spacial score (nSPS) is 15.5. The Balaban J connectivity index is 1.63. The van der Waals surface area contributed by atoms with Crippen LogP contribution in [0, 0.1) is 0 Å². The number of aromatic nitrogens is 1. The van der Waals surface area contributed by atoms with Crippen molar-refractivity contribution < 1.29 is 14.3 Å². The number of hydrogen-bond acceptors (Lipinski definition) is 5. The third kappa shape index (κ3) is 5.80. The molecule has 4 rings (SSSR count). The van der Waals surface area contributed by atoms with E-state index in [9.17, 15) is 9.59 Å². The highest BCUT2D eigenvalue weighted by Gasteiger charge is 2.32. The molecule has 192 valence electrons. The molecule has 1 aliphatic heterocycles. The predicted molar refractivity (Wildman–Crippen MR) is 142 cm³/mol. The van der Waals surface area contributed by atoms with Gasteiger partial charge in [-0.3, -0.25) is 4.79 Å². The molecule has 9 heteroatoms. The van der Waals surface area contributed by atoms with E-state index in [0.717, 1.165) is 41.7 Å². The fourth-order valence-electron chi connectivity index (χ4n) is 4.69. The Morgan fingerprint density at radius 1 is 1.14 bits per heavy atom. The highest BCUT2D eigenvalue weighted by molar-refractivity contribution is 5.99. The SMILES string of the molecule is COc1ccc(CN(C)C)cc1NC(=O)[C@H](NC(=O)N1CCNCC1)[C@H](C)c1c[nH]c2ccccc12. The minimum Gasteiger partial charge on any atom is -0.495 e. The van der Waals surface area contributed by atoms with Gasteiger partial charge in [0, 0.05) is 55.7 Å². The molecule has 2 aromatic carbocycles. The number of aromatic amines is 1. The number of ether oxygens (including phenoxy) is 1. The Kier molecular flexibility index (Phi) is 8.12. The Morgan fingerprint density at radius 2 is 1.89 bits per heavy atom. The van der Waals surface area contributed by atoms with Crippen LogP contribution in [0.1, 0.15) is 24.0 Å². The van der Waals surface area contributed by atoms with Gasteiger partial charge >= 0.3 is 6.03 Å². The molecule has 9 nitrogen and oxygen atoms in total. The molecule has 0 aliphatic carbocycles. The van der Waals surface area contributed by atoms with Crippen molar-refractivity contribution in [2.75, 3.05) is 52.7 Å². The Labute approximate surface area is 212 Å². The van der Waals surface area contributed by atoms with E-state index in [1.54, 1.807) is 12.0 Å². The van der Waals surface area contributed by atoms with Crippen LogP contribution in [0.15, 0.2) is 48.7 Å². The largest absolute Gasteiger partial charge is 0.495 e. The van der Waals surface area contributed by atoms with Crippen LogP contribution >= 0.6 is 0 Å². The van der Waals surface area contributed by atoms with Crippen LogP contribution in [-0.4, -0.2) is 80.1 Å². The molecule has 3 aromatic rings. The summed E-state index contributed by atoms with van der Waals surface area (Å²) >= 11 is 0. The van der Waals surface area contributed by atoms with Crippen LogP contribution in [0.4, 0.5) is 10.5 Å². The first-order valence-corrected chi connectivity index (χ1v) is 12.3. The second-order valence-corrected chi connectivity index (χ2v) is 9.50. The fourth-order valence-corrected chi connectivity index (χ4v) is 4.69. The molecule has 0 saturated carbocycles. The van der Waals surface area contributed by atoms with Crippen LogP contribution in [0.25, 0.3) is 10.9 Å². The number of amides is 3. The van der Waals surface area contributed by atoms with Crippen LogP contribution in [0.2, 0.25) is 0 Å². The maximum atomic E-state index is 13.8. The Morgan fingerprint density at radius 3 is 2.61 bits per heavy atom. The average molecular weight is 493 g/mol. The number of nitrogens with zero attached hydrogens (tertiary/aromatic N) is 2. The maximum Gasteiger partial charge on any atom is 0.318 e. The number of benzene rings is 2. The molecule has 1 aromatic heterocycles. The van der Waals surface area contributed by atoms with Gasteiger partial charge in [-0.2, -0.15) is 0 Å². The summed E-state index contributed by atoms with van der Waals surface area (Å²) in [6.45, 7) is 5.36. The summed E-state index contributed by atoms with van der Waals surface area (Å²) < 4.78 is 5.52. The standard InChI is InChI=1S/C27H36N6O3/c1-18(21-16-29-22-8-6-5-7-20(21)22)25(31-27(35)33-13-11-28-12-14-33)26(34)30-23-15-19(17-32(2)3)9-10-24(23)36-4/h5-10,15-16,18,25,28-29H,11-14,17H2,1-4H3,(H,30,34)(H,31,35)/t18-,25-/m1/s1. The zero-order valence-electron chi connectivity index (χ0n) is 21.4. The number of H-pyrrole nitrogens is 1. The molecular formula is C27H36N6O3. The second kappa shape index (κ2) is 11.5. The topological polar surface area (TPSA) is 102 Å². The van der Waals surface area contributed by atoms with Crippen molar-refractivity contribution in [2.24, 2.45) is 0 Å². The summed E-state index contributed by atoms with van der Waals surface area (Å²) in [5, 5.41) is 10.3. The number of piperazine rings is 1. The van der Waals surface area contributed by atoms with E-state index >= 15 is 0 Å². The summed E-state index contributed by atoms with van der Waals surface area (Å²) in [4.78, 5) is 34.0. The zero-order chi connectivity index (χ0) is 25.7. The number of anilines is 1. The first-order chi connectivity index (χ1) is 17.4. The van der Waals surface area contributed by atoms with Crippen LogP contribution in [0.5, 0.6) is 5.75 Å². The number of rotatable bonds is 8. The van der Waals surface area contributed by atoms with E-state index in [-0.39, 0.29) is 17.9 Å². The Bertz CT molecular complexity index is 1200. The zero-order valence-corrected chi connectivity index (χ0v) is 21.4. The minimum absolute atomic E-state index is 0.239. The number of carbonyl (C=O) groups excluding carboxylic acids is 2. The number of methoxy groups -OCH3 is 1. The summed E-state index contributed by atoms with van der Waals surface area (Å²) in [6, 6.07) is 12.7. The molecule has 36 heavy (non-hydrogen) atoms. The monoisotopic (exact) mass is 492 g/mol. The first kappa shape index (κ1) is 25.5. The van der Waals surface area contributed by atoms with E-state index in [2.05, 4.69) is 25.8 Å². The lowest BCUT2D eigenvalue weighted by atomic mass is 9.92. The molecule has 1 aliphatic rings. The van der Waals surface area contributed by atoms with E-state index < -0.39 is 6.04 Å². The van der Waals surface area contributed by atoms with Gasteiger partial charge in [-0.05, 0) is 43.4 Å². The van der Waals surface area contributed by atoms with Crippen LogP contribution in [0.3, 0.4) is 0 Å². The number of fused-ring (bicyclic) bond motifs is 1. The number of nitrogens with one attached hydrogen (secondary N) is 4. The first-order valence-electron chi connectivity index (χ1n) is 12.3. The summed E-state index contributed by atoms with van der Waals surface area (Å²) in [7, 11) is 5.56. The fraction of sp³-hybridized carbons (Fsp3) is 0.407. The summed E-state index contributed by atoms with van der Waals surface area (Å²) in [5.41, 5.74) is 3.58. The third-order valence-electron chi connectivity index (χ3n) is 6.60. The highest BCUT2D eigenvalue weighted by Crippen LogP contribution is 2.30. The van der Waals surface area contributed by atoms with Gasteiger partial charge in [0.2, 0.25) is 5.91 Å². The molecule has 0 bridgehead atoms. The second-order valence-electron chi connectivity index (χ2n) is 9.50. The summed E-state index contributed by atoms with van der Waals surface area (Å²) in [5.74, 6) is -0.0154. The van der Waals surface area contributed by atoms with Crippen LogP contribution < -0.4 is 20.7 Å². The van der Waals surface area contributed by atoms with Gasteiger partial charge in [0.15, 0.2) is 0 Å². The van der Waals surface area contributed by atoms with Crippen molar-refractivity contribution in [3.05, 3.63) is 59.8 Å². The molecule has 0 spiro atoms. The van der Waals surface area contributed by atoms with Gasteiger partial charge in [0.1, 0.15) is 11.8 Å². The molecule has 3 amide bonds. The van der Waals surface area contributed by atoms with Gasteiger partial charge < -0.3 is 35.5 Å². The number of hydrogen-bond donors (Lipinski definition) is 4. The third-order valence-corrected chi connectivity index (χ3v) is 6.60. The molecule has 0 radical (unpaired) electrons. The molecular weight excluding hydrogens is 456 g/mol. The van der Waals surface area contributed by atoms with Crippen molar-refractivity contribution in [2.45, 2.75) is 25.4 Å². The van der Waals surface area contributed by atoms with Gasteiger partial charge in [-0.1, -0.05) is 31.2 Å². The van der Waals surface area contributed by atoms with E-state index in [4.69, 9.17) is 4.74 Å². The van der Waals surface area contributed by atoms with Gasteiger partial charge in [0.05, 0.1) is 12.8 Å². The molecule has 2 atom stereocenters. The van der Waals surface area contributed by atoms with Crippen molar-refractivity contribution in [1.82, 2.24) is 25.4 Å². The molecule has 0 unspecified atom stereocenters. The van der Waals surface area contributed by atoms with Gasteiger partial charge in [-0.25, -0.2) is 4.79 Å². The molecule has 1 fully saturated rings. The predicted octanol–water partition coefficient (Wildman–Crippen LogP) is 2.96. The van der Waals surface area contributed by atoms with Gasteiger partial charge in [-0.15, -0.1) is 0 Å². The Hall–Kier alpha value is -3.56. The quantitative estimate of drug-likeness (QED) is 0.387. The van der Waals surface area contributed by atoms with E-state index in [1.807, 2.05) is 69.7 Å². The van der Waals surface area contributed by atoms with Crippen molar-refractivity contribution in [1.29, 1.82) is 0 Å². The molecule has 4 N–H and O–H groups in total. The lowest BCUT2D eigenvalue weighted by molar-refractivity contribution is -0.118. The van der Waals surface area contributed by atoms with E-state index in [0.29, 0.717) is 24.5 Å². The highest BCUT2D eigenvalue weighted by atomic mass is 16.5. The minimum atomic E-state index is -0.797. The van der Waals surface area contributed by atoms with Crippen molar-refractivity contribution in [3.63, 3.8) is 0 Å². The van der Waals surface area contributed by atoms with E-state index in [1.165, 1.54) is 0 Å². The lowest BCUT2D eigenvalue weighted by Crippen LogP contribution is -2.55. The molecule has 1 saturated heterocycles. The van der Waals surface area contributed by atoms with Crippen LogP contribution in [-0.2, 0) is 11.3 Å². The number of carbonyl (C=O) groups is 2. The smallest absolute Gasteiger partial charge is 0.318 e. The summed E-state index contributed by atoms with van der Waals surface area (Å²) in [6.07, 6.45) is 1.92. The molecule has 2 heterocycles. The van der Waals surface area contributed by atoms with Crippen molar-refractivity contribution >= 4 is 28.5 Å².